The Morgan fingerprint density at radius 3 is 2.33 bits per heavy atom. The molecule has 1 fully saturated rings. The van der Waals surface area contributed by atoms with Crippen molar-refractivity contribution in [1.82, 2.24) is 14.9 Å². The first-order chi connectivity index (χ1) is 9.52. The lowest BCUT2D eigenvalue weighted by molar-refractivity contribution is -0.127. The van der Waals surface area contributed by atoms with E-state index in [1.54, 1.807) is 0 Å². The molecule has 2 amide bonds. The minimum Gasteiger partial charge on any atom is -0.435 e. The fourth-order valence-corrected chi connectivity index (χ4v) is 2.74. The summed E-state index contributed by atoms with van der Waals surface area (Å²) in [6.45, 7) is 10.2. The summed E-state index contributed by atoms with van der Waals surface area (Å²) >= 11 is 0. The number of alkyl carbamates (subject to hydrolysis) is 1. The van der Waals surface area contributed by atoms with Crippen LogP contribution in [0.1, 0.15) is 46.1 Å². The van der Waals surface area contributed by atoms with Gasteiger partial charge in [-0.05, 0) is 6.42 Å². The second-order valence-electron chi connectivity index (χ2n) is 7.32. The average molecular weight is 293 g/mol. The van der Waals surface area contributed by atoms with Gasteiger partial charge in [0.05, 0.1) is 0 Å². The van der Waals surface area contributed by atoms with Gasteiger partial charge in [0.1, 0.15) is 5.82 Å². The molecular weight excluding hydrogens is 270 g/mol. The lowest BCUT2D eigenvalue weighted by atomic mass is 9.81. The van der Waals surface area contributed by atoms with E-state index in [0.29, 0.717) is 6.42 Å². The predicted octanol–water partition coefficient (Wildman–Crippen LogP) is 1.92. The van der Waals surface area contributed by atoms with E-state index in [-0.39, 0.29) is 11.3 Å². The summed E-state index contributed by atoms with van der Waals surface area (Å²) in [5.41, 5.74) is 0.466. The lowest BCUT2D eigenvalue weighted by Crippen LogP contribution is -2.39. The number of aromatic nitrogens is 2. The molecule has 0 aliphatic carbocycles. The molecule has 6 nitrogen and oxygen atoms in total. The van der Waals surface area contributed by atoms with Gasteiger partial charge in [0.15, 0.2) is 6.10 Å². The summed E-state index contributed by atoms with van der Waals surface area (Å²) in [6, 6.07) is 0. The third-order valence-electron chi connectivity index (χ3n) is 3.79. The van der Waals surface area contributed by atoms with E-state index < -0.39 is 17.6 Å². The van der Waals surface area contributed by atoms with E-state index in [0.717, 1.165) is 11.5 Å². The van der Waals surface area contributed by atoms with Crippen LogP contribution in [0.15, 0.2) is 6.20 Å². The zero-order valence-corrected chi connectivity index (χ0v) is 13.5. The van der Waals surface area contributed by atoms with Crippen molar-refractivity contribution in [2.24, 2.45) is 12.5 Å². The summed E-state index contributed by atoms with van der Waals surface area (Å²) in [5, 5.41) is 2.18. The standard InChI is InChI=1S/C15H23N3O3/c1-14(2,3)12-16-8-9(18(12)6)7-15(4,5)10-11(19)17-13(20)21-10/h8,10H,7H2,1-6H3,(H,17,19,20). The highest BCUT2D eigenvalue weighted by atomic mass is 16.6. The number of ether oxygens (including phenoxy) is 1. The summed E-state index contributed by atoms with van der Waals surface area (Å²) in [5.74, 6) is 0.615. The highest BCUT2D eigenvalue weighted by molar-refractivity contribution is 6.00. The largest absolute Gasteiger partial charge is 0.435 e. The number of carbonyl (C=O) groups is 2. The number of imide groups is 1. The van der Waals surface area contributed by atoms with Crippen molar-refractivity contribution in [1.29, 1.82) is 0 Å². The third-order valence-corrected chi connectivity index (χ3v) is 3.79. The maximum absolute atomic E-state index is 11.8. The van der Waals surface area contributed by atoms with Crippen molar-refractivity contribution in [3.05, 3.63) is 17.7 Å². The molecule has 1 saturated heterocycles. The van der Waals surface area contributed by atoms with Crippen molar-refractivity contribution in [3.8, 4) is 0 Å². The van der Waals surface area contributed by atoms with Crippen molar-refractivity contribution in [2.45, 2.75) is 52.6 Å². The Kier molecular flexibility index (Phi) is 3.59. The number of hydrogen-bond donors (Lipinski definition) is 1. The number of imidazole rings is 1. The number of cyclic esters (lactones) is 1. The number of nitrogens with one attached hydrogen (secondary N) is 1. The van der Waals surface area contributed by atoms with Crippen LogP contribution in [0.5, 0.6) is 0 Å². The van der Waals surface area contributed by atoms with Gasteiger partial charge < -0.3 is 9.30 Å². The van der Waals surface area contributed by atoms with E-state index in [9.17, 15) is 9.59 Å². The Balaban J connectivity index is 2.23. The molecule has 0 saturated carbocycles. The molecule has 6 heteroatoms. The zero-order valence-electron chi connectivity index (χ0n) is 13.5. The molecule has 1 atom stereocenters. The molecule has 21 heavy (non-hydrogen) atoms. The predicted molar refractivity (Wildman–Crippen MR) is 77.8 cm³/mol. The first kappa shape index (κ1) is 15.5. The number of carbonyl (C=O) groups excluding carboxylic acids is 2. The van der Waals surface area contributed by atoms with E-state index in [1.165, 1.54) is 0 Å². The zero-order chi connectivity index (χ0) is 16.0. The molecule has 1 aromatic rings. The lowest BCUT2D eigenvalue weighted by Gasteiger charge is -2.28. The Labute approximate surface area is 124 Å². The van der Waals surface area contributed by atoms with Gasteiger partial charge >= 0.3 is 6.09 Å². The molecule has 0 spiro atoms. The van der Waals surface area contributed by atoms with Crippen LogP contribution in [0.25, 0.3) is 0 Å². The van der Waals surface area contributed by atoms with Crippen LogP contribution in [-0.4, -0.2) is 27.7 Å². The molecule has 0 aromatic carbocycles. The first-order valence-electron chi connectivity index (χ1n) is 7.05. The maximum Gasteiger partial charge on any atom is 0.414 e. The molecule has 116 valence electrons. The van der Waals surface area contributed by atoms with Crippen LogP contribution in [0, 0.1) is 5.41 Å². The topological polar surface area (TPSA) is 73.2 Å². The highest BCUT2D eigenvalue weighted by Crippen LogP contribution is 2.32. The van der Waals surface area contributed by atoms with Crippen molar-refractivity contribution < 1.29 is 14.3 Å². The molecule has 1 aromatic heterocycles. The SMILES string of the molecule is Cn1c(CC(C)(C)C2OC(=O)NC2=O)cnc1C(C)(C)C. The van der Waals surface area contributed by atoms with Gasteiger partial charge in [-0.25, -0.2) is 9.78 Å². The molecular formula is C15H23N3O3. The van der Waals surface area contributed by atoms with Crippen LogP contribution in [0.2, 0.25) is 0 Å². The monoisotopic (exact) mass is 293 g/mol. The molecule has 0 bridgehead atoms. The van der Waals surface area contributed by atoms with E-state index in [2.05, 4.69) is 35.6 Å². The molecule has 1 aliphatic rings. The smallest absolute Gasteiger partial charge is 0.414 e. The van der Waals surface area contributed by atoms with Crippen molar-refractivity contribution in [2.75, 3.05) is 0 Å². The molecule has 1 aliphatic heterocycles. The quantitative estimate of drug-likeness (QED) is 0.924. The van der Waals surface area contributed by atoms with Crippen LogP contribution in [0.4, 0.5) is 4.79 Å². The minimum absolute atomic E-state index is 0.0473. The summed E-state index contributed by atoms with van der Waals surface area (Å²) in [7, 11) is 1.97. The Morgan fingerprint density at radius 1 is 1.29 bits per heavy atom. The number of amides is 2. The summed E-state index contributed by atoms with van der Waals surface area (Å²) in [6.07, 6.45) is 0.992. The van der Waals surface area contributed by atoms with E-state index in [1.807, 2.05) is 27.1 Å². The minimum atomic E-state index is -0.766. The van der Waals surface area contributed by atoms with Crippen LogP contribution in [-0.2, 0) is 28.4 Å². The van der Waals surface area contributed by atoms with Gasteiger partial charge in [0.25, 0.3) is 5.91 Å². The van der Waals surface area contributed by atoms with Crippen LogP contribution < -0.4 is 5.32 Å². The second-order valence-corrected chi connectivity index (χ2v) is 7.32. The highest BCUT2D eigenvalue weighted by Gasteiger charge is 2.44. The van der Waals surface area contributed by atoms with Gasteiger partial charge in [-0.1, -0.05) is 34.6 Å². The van der Waals surface area contributed by atoms with Crippen molar-refractivity contribution in [3.63, 3.8) is 0 Å². The summed E-state index contributed by atoms with van der Waals surface area (Å²) in [4.78, 5) is 27.5. The average Bonchev–Trinajstić information content (AvgIpc) is 2.82. The third kappa shape index (κ3) is 2.94. The van der Waals surface area contributed by atoms with E-state index in [4.69, 9.17) is 4.74 Å². The molecule has 1 N–H and O–H groups in total. The Bertz CT molecular complexity index is 581. The summed E-state index contributed by atoms with van der Waals surface area (Å²) < 4.78 is 7.15. The fraction of sp³-hybridized carbons (Fsp3) is 0.667. The Morgan fingerprint density at radius 2 is 1.90 bits per heavy atom. The second kappa shape index (κ2) is 4.86. The van der Waals surface area contributed by atoms with Gasteiger partial charge in [-0.15, -0.1) is 0 Å². The molecule has 2 heterocycles. The number of nitrogens with zero attached hydrogens (tertiary/aromatic N) is 2. The van der Waals surface area contributed by atoms with Crippen molar-refractivity contribution >= 4 is 12.0 Å². The first-order valence-corrected chi connectivity index (χ1v) is 7.05. The molecule has 0 radical (unpaired) electrons. The van der Waals surface area contributed by atoms with Crippen LogP contribution in [0.3, 0.4) is 0 Å². The van der Waals surface area contributed by atoms with Gasteiger partial charge in [0, 0.05) is 29.8 Å². The van der Waals surface area contributed by atoms with E-state index >= 15 is 0 Å². The van der Waals surface area contributed by atoms with Gasteiger partial charge in [-0.3, -0.25) is 10.1 Å². The van der Waals surface area contributed by atoms with Gasteiger partial charge in [0.2, 0.25) is 0 Å². The number of hydrogen-bond acceptors (Lipinski definition) is 4. The fourth-order valence-electron chi connectivity index (χ4n) is 2.74. The maximum atomic E-state index is 11.8. The normalized spacial score (nSPS) is 19.6. The number of rotatable bonds is 3. The van der Waals surface area contributed by atoms with Gasteiger partial charge in [-0.2, -0.15) is 0 Å². The Hall–Kier alpha value is -1.85. The van der Waals surface area contributed by atoms with Crippen LogP contribution >= 0.6 is 0 Å². The molecule has 2 rings (SSSR count). The molecule has 1 unspecified atom stereocenters.